The van der Waals surface area contributed by atoms with Gasteiger partial charge in [0.15, 0.2) is 0 Å². The molecule has 2 aromatic rings. The minimum atomic E-state index is -4.49. The van der Waals surface area contributed by atoms with Gasteiger partial charge in [-0.15, -0.1) is 0 Å². The lowest BCUT2D eigenvalue weighted by molar-refractivity contribution is -0.136. The Bertz CT molecular complexity index is 741. The van der Waals surface area contributed by atoms with E-state index in [0.717, 1.165) is 30.3 Å². The number of aliphatic imine (C=N–C) groups is 1. The highest BCUT2D eigenvalue weighted by Gasteiger charge is 2.33. The lowest BCUT2D eigenvalue weighted by Crippen LogP contribution is -2.24. The maximum absolute atomic E-state index is 13.0. The van der Waals surface area contributed by atoms with Gasteiger partial charge in [0.25, 0.3) is 5.95 Å². The molecule has 0 amide bonds. The molecule has 0 aliphatic rings. The molecule has 0 atom stereocenters. The number of hydrogen-bond acceptors (Lipinski definition) is 3. The van der Waals surface area contributed by atoms with Crippen LogP contribution in [-0.4, -0.2) is 15.9 Å². The van der Waals surface area contributed by atoms with E-state index in [0.29, 0.717) is 0 Å². The fourth-order valence-corrected chi connectivity index (χ4v) is 2.16. The average molecular weight is 337 g/mol. The lowest BCUT2D eigenvalue weighted by Gasteiger charge is -2.13. The molecular formula is C16H18F3N5. The zero-order valence-corrected chi connectivity index (χ0v) is 13.4. The number of hydrogen-bond donors (Lipinski definition) is 2. The third-order valence-electron chi connectivity index (χ3n) is 3.12. The summed E-state index contributed by atoms with van der Waals surface area (Å²) in [6, 6.07) is 6.88. The first-order valence-corrected chi connectivity index (χ1v) is 7.41. The van der Waals surface area contributed by atoms with Gasteiger partial charge in [-0.3, -0.25) is 0 Å². The molecule has 24 heavy (non-hydrogen) atoms. The number of guanidine groups is 1. The van der Waals surface area contributed by atoms with Crippen molar-refractivity contribution in [3.05, 3.63) is 47.3 Å². The van der Waals surface area contributed by atoms with Gasteiger partial charge in [0.1, 0.15) is 0 Å². The van der Waals surface area contributed by atoms with Crippen LogP contribution in [0.25, 0.3) is 0 Å². The second-order valence-electron chi connectivity index (χ2n) is 5.22. The first-order chi connectivity index (χ1) is 11.3. The van der Waals surface area contributed by atoms with Crippen molar-refractivity contribution in [3.8, 4) is 0 Å². The number of para-hydroxylation sites is 1. The molecular weight excluding hydrogens is 319 g/mol. The van der Waals surface area contributed by atoms with E-state index >= 15 is 0 Å². The van der Waals surface area contributed by atoms with Crippen molar-refractivity contribution in [2.24, 2.45) is 10.7 Å². The Morgan fingerprint density at radius 3 is 2.62 bits per heavy atom. The van der Waals surface area contributed by atoms with Crippen LogP contribution < -0.4 is 11.1 Å². The Labute approximate surface area is 137 Å². The number of nitrogens with two attached hydrogens (primary N) is 1. The number of benzene rings is 1. The van der Waals surface area contributed by atoms with Crippen molar-refractivity contribution in [1.29, 1.82) is 0 Å². The molecule has 0 aliphatic heterocycles. The summed E-state index contributed by atoms with van der Waals surface area (Å²) in [5, 5.41) is 2.46. The third-order valence-corrected chi connectivity index (χ3v) is 3.12. The number of anilines is 1. The van der Waals surface area contributed by atoms with Crippen molar-refractivity contribution < 1.29 is 13.2 Å². The minimum Gasteiger partial charge on any atom is -0.369 e. The summed E-state index contributed by atoms with van der Waals surface area (Å²) in [5.74, 6) is -0.0901. The smallest absolute Gasteiger partial charge is 0.369 e. The van der Waals surface area contributed by atoms with Crippen LogP contribution in [0.1, 0.15) is 30.3 Å². The van der Waals surface area contributed by atoms with Gasteiger partial charge in [-0.25, -0.2) is 9.97 Å². The Morgan fingerprint density at radius 1 is 1.25 bits per heavy atom. The first-order valence-electron chi connectivity index (χ1n) is 7.41. The number of nitrogens with zero attached hydrogens (tertiary/aromatic N) is 3. The Hall–Kier alpha value is -2.64. The average Bonchev–Trinajstić information content (AvgIpc) is 2.46. The largest absolute Gasteiger partial charge is 0.418 e. The molecule has 0 bridgehead atoms. The van der Waals surface area contributed by atoms with Crippen LogP contribution in [0.3, 0.4) is 0 Å². The monoisotopic (exact) mass is 337 g/mol. The van der Waals surface area contributed by atoms with Crippen LogP contribution in [0.4, 0.5) is 24.8 Å². The first kappa shape index (κ1) is 17.7. The van der Waals surface area contributed by atoms with Crippen molar-refractivity contribution >= 4 is 17.6 Å². The van der Waals surface area contributed by atoms with Crippen LogP contribution in [0, 0.1) is 6.92 Å². The number of alkyl halides is 3. The summed E-state index contributed by atoms with van der Waals surface area (Å²) in [4.78, 5) is 12.3. The van der Waals surface area contributed by atoms with Crippen LogP contribution in [0.5, 0.6) is 0 Å². The maximum atomic E-state index is 13.0. The zero-order chi connectivity index (χ0) is 17.7. The molecule has 1 heterocycles. The molecule has 0 spiro atoms. The SMILES string of the molecule is CCCc1cc(C)nc(/N=C(\N)Nc2ccccc2C(F)(F)F)n1. The number of rotatable bonds is 4. The van der Waals surface area contributed by atoms with Gasteiger partial charge in [-0.1, -0.05) is 25.5 Å². The van der Waals surface area contributed by atoms with E-state index in [1.807, 2.05) is 13.0 Å². The fraction of sp³-hybridized carbons (Fsp3) is 0.312. The molecule has 128 valence electrons. The maximum Gasteiger partial charge on any atom is 0.418 e. The van der Waals surface area contributed by atoms with E-state index in [-0.39, 0.29) is 17.6 Å². The molecule has 1 aromatic carbocycles. The van der Waals surface area contributed by atoms with Crippen molar-refractivity contribution in [3.63, 3.8) is 0 Å². The van der Waals surface area contributed by atoms with E-state index in [2.05, 4.69) is 20.3 Å². The van der Waals surface area contributed by atoms with Gasteiger partial charge in [0, 0.05) is 11.4 Å². The van der Waals surface area contributed by atoms with E-state index in [9.17, 15) is 13.2 Å². The molecule has 0 saturated heterocycles. The number of aryl methyl sites for hydroxylation is 2. The van der Waals surface area contributed by atoms with Crippen LogP contribution in [0.2, 0.25) is 0 Å². The van der Waals surface area contributed by atoms with E-state index in [1.165, 1.54) is 18.2 Å². The number of aromatic nitrogens is 2. The van der Waals surface area contributed by atoms with Crippen molar-refractivity contribution in [2.45, 2.75) is 32.9 Å². The summed E-state index contributed by atoms with van der Waals surface area (Å²) in [6.45, 7) is 3.81. The molecule has 0 aliphatic carbocycles. The summed E-state index contributed by atoms with van der Waals surface area (Å²) >= 11 is 0. The third kappa shape index (κ3) is 4.68. The predicted molar refractivity (Wildman–Crippen MR) is 87.1 cm³/mol. The molecule has 2 rings (SSSR count). The second kappa shape index (κ2) is 7.29. The topological polar surface area (TPSA) is 76.2 Å². The molecule has 0 saturated carbocycles. The van der Waals surface area contributed by atoms with E-state index in [1.54, 1.807) is 6.92 Å². The highest BCUT2D eigenvalue weighted by molar-refractivity contribution is 5.94. The van der Waals surface area contributed by atoms with Crippen molar-refractivity contribution in [1.82, 2.24) is 9.97 Å². The van der Waals surface area contributed by atoms with Crippen LogP contribution in [-0.2, 0) is 12.6 Å². The number of nitrogens with one attached hydrogen (secondary N) is 1. The van der Waals surface area contributed by atoms with Gasteiger partial charge >= 0.3 is 6.18 Å². The summed E-state index contributed by atoms with van der Waals surface area (Å²) in [7, 11) is 0. The molecule has 0 unspecified atom stereocenters. The Kier molecular flexibility index (Phi) is 5.38. The Balaban J connectivity index is 2.27. The molecule has 3 N–H and O–H groups in total. The lowest BCUT2D eigenvalue weighted by atomic mass is 10.1. The summed E-state index contributed by atoms with van der Waals surface area (Å²) < 4.78 is 38.9. The Morgan fingerprint density at radius 2 is 1.96 bits per heavy atom. The fourth-order valence-electron chi connectivity index (χ4n) is 2.16. The van der Waals surface area contributed by atoms with Crippen LogP contribution >= 0.6 is 0 Å². The van der Waals surface area contributed by atoms with Crippen LogP contribution in [0.15, 0.2) is 35.3 Å². The molecule has 8 heteroatoms. The molecule has 5 nitrogen and oxygen atoms in total. The van der Waals surface area contributed by atoms with Gasteiger partial charge in [-0.2, -0.15) is 18.2 Å². The van der Waals surface area contributed by atoms with E-state index < -0.39 is 11.7 Å². The molecule has 1 aromatic heterocycles. The normalized spacial score (nSPS) is 12.3. The van der Waals surface area contributed by atoms with Gasteiger partial charge in [0.2, 0.25) is 5.96 Å². The standard InChI is InChI=1S/C16H18F3N5/c1-3-6-11-9-10(2)21-15(22-11)24-14(20)23-13-8-5-4-7-12(13)16(17,18)19/h4-5,7-9H,3,6H2,1-2H3,(H3,20,21,22,23,24). The summed E-state index contributed by atoms with van der Waals surface area (Å²) in [6.07, 6.45) is -2.82. The predicted octanol–water partition coefficient (Wildman–Crippen LogP) is 3.81. The van der Waals surface area contributed by atoms with Gasteiger partial charge in [0.05, 0.1) is 11.3 Å². The van der Waals surface area contributed by atoms with Gasteiger partial charge in [-0.05, 0) is 31.5 Å². The molecule has 0 fully saturated rings. The number of halogens is 3. The zero-order valence-electron chi connectivity index (χ0n) is 13.4. The quantitative estimate of drug-likeness (QED) is 0.657. The summed E-state index contributed by atoms with van der Waals surface area (Å²) in [5.41, 5.74) is 6.25. The highest BCUT2D eigenvalue weighted by Crippen LogP contribution is 2.34. The van der Waals surface area contributed by atoms with E-state index in [4.69, 9.17) is 5.73 Å². The van der Waals surface area contributed by atoms with Crippen molar-refractivity contribution in [2.75, 3.05) is 5.32 Å². The minimum absolute atomic E-state index is 0.118. The van der Waals surface area contributed by atoms with Gasteiger partial charge < -0.3 is 11.1 Å². The second-order valence-corrected chi connectivity index (χ2v) is 5.22. The highest BCUT2D eigenvalue weighted by atomic mass is 19.4. The molecule has 0 radical (unpaired) electrons.